The minimum absolute atomic E-state index is 0.236. The van der Waals surface area contributed by atoms with Crippen molar-refractivity contribution in [3.63, 3.8) is 0 Å². The molecule has 1 aliphatic rings. The summed E-state index contributed by atoms with van der Waals surface area (Å²) in [6, 6.07) is 10.2. The van der Waals surface area contributed by atoms with Crippen molar-refractivity contribution < 1.29 is 0 Å². The fourth-order valence-corrected chi connectivity index (χ4v) is 4.34. The number of hydrogen-bond donors (Lipinski definition) is 3. The van der Waals surface area contributed by atoms with Gasteiger partial charge in [0.05, 0.1) is 45.6 Å². The molecule has 5 rings (SSSR count). The van der Waals surface area contributed by atoms with Crippen LogP contribution in [0.25, 0.3) is 16.6 Å². The Bertz CT molecular complexity index is 1470. The third kappa shape index (κ3) is 3.30. The first-order valence-corrected chi connectivity index (χ1v) is 10.4. The SMILES string of the molecule is N#Cc1cncnc1N[C@H](N)[C@]1(c2nc3cccc(Cl)c3c(=O)n2-c2cccnc2)C[C@@H]1N. The topological polar surface area (TPSA) is 161 Å². The molecule has 164 valence electrons. The molecule has 3 atom stereocenters. The van der Waals surface area contributed by atoms with Crippen molar-refractivity contribution in [3.8, 4) is 11.8 Å². The first-order valence-electron chi connectivity index (χ1n) is 10.1. The average molecular weight is 460 g/mol. The molecule has 33 heavy (non-hydrogen) atoms. The molecule has 0 aliphatic heterocycles. The lowest BCUT2D eigenvalue weighted by Crippen LogP contribution is -2.48. The molecule has 3 heterocycles. The molecule has 5 N–H and O–H groups in total. The van der Waals surface area contributed by atoms with E-state index in [9.17, 15) is 10.1 Å². The van der Waals surface area contributed by atoms with E-state index < -0.39 is 11.6 Å². The van der Waals surface area contributed by atoms with Gasteiger partial charge in [-0.15, -0.1) is 0 Å². The van der Waals surface area contributed by atoms with Crippen LogP contribution in [0.4, 0.5) is 5.82 Å². The van der Waals surface area contributed by atoms with Crippen LogP contribution in [-0.2, 0) is 5.41 Å². The van der Waals surface area contributed by atoms with Gasteiger partial charge in [0.25, 0.3) is 5.56 Å². The minimum atomic E-state index is -0.914. The number of anilines is 1. The number of nitrogens with zero attached hydrogens (tertiary/aromatic N) is 6. The fourth-order valence-electron chi connectivity index (χ4n) is 4.09. The van der Waals surface area contributed by atoms with E-state index in [0.29, 0.717) is 33.9 Å². The summed E-state index contributed by atoms with van der Waals surface area (Å²) < 4.78 is 1.46. The highest BCUT2D eigenvalue weighted by atomic mass is 35.5. The number of nitrogens with two attached hydrogens (primary N) is 2. The number of halogens is 1. The van der Waals surface area contributed by atoms with Gasteiger partial charge in [-0.2, -0.15) is 5.26 Å². The molecule has 1 saturated carbocycles. The molecule has 4 aromatic rings. The Kier molecular flexibility index (Phi) is 5.02. The number of aromatic nitrogens is 5. The van der Waals surface area contributed by atoms with E-state index in [-0.39, 0.29) is 23.0 Å². The van der Waals surface area contributed by atoms with E-state index >= 15 is 0 Å². The van der Waals surface area contributed by atoms with Crippen molar-refractivity contribution >= 4 is 28.3 Å². The minimum Gasteiger partial charge on any atom is -0.353 e. The largest absolute Gasteiger partial charge is 0.353 e. The second-order valence-corrected chi connectivity index (χ2v) is 8.20. The number of nitrogens with one attached hydrogen (secondary N) is 1. The van der Waals surface area contributed by atoms with Gasteiger partial charge >= 0.3 is 0 Å². The Morgan fingerprint density at radius 3 is 2.79 bits per heavy atom. The third-order valence-corrected chi connectivity index (χ3v) is 6.22. The van der Waals surface area contributed by atoms with Crippen molar-refractivity contribution in [2.75, 3.05) is 5.32 Å². The van der Waals surface area contributed by atoms with E-state index in [4.69, 9.17) is 28.1 Å². The van der Waals surface area contributed by atoms with Gasteiger partial charge in [-0.1, -0.05) is 17.7 Å². The normalized spacial score (nSPS) is 20.2. The van der Waals surface area contributed by atoms with E-state index in [1.807, 2.05) is 6.07 Å². The summed E-state index contributed by atoms with van der Waals surface area (Å²) in [6.07, 6.45) is 5.54. The zero-order chi connectivity index (χ0) is 23.2. The molecule has 0 radical (unpaired) electrons. The van der Waals surface area contributed by atoms with Gasteiger partial charge in [0.2, 0.25) is 0 Å². The smallest absolute Gasteiger partial charge is 0.267 e. The van der Waals surface area contributed by atoms with E-state index in [1.54, 1.807) is 42.7 Å². The highest BCUT2D eigenvalue weighted by Crippen LogP contribution is 2.49. The maximum Gasteiger partial charge on any atom is 0.267 e. The van der Waals surface area contributed by atoms with Gasteiger partial charge in [-0.3, -0.25) is 14.3 Å². The molecular weight excluding hydrogens is 442 g/mol. The predicted octanol–water partition coefficient (Wildman–Crippen LogP) is 1.46. The molecule has 0 unspecified atom stereocenters. The Balaban J connectivity index is 1.73. The van der Waals surface area contributed by atoms with Crippen LogP contribution in [0.2, 0.25) is 5.02 Å². The number of nitriles is 1. The van der Waals surface area contributed by atoms with Gasteiger partial charge in [0.15, 0.2) is 0 Å². The van der Waals surface area contributed by atoms with Gasteiger partial charge in [-0.25, -0.2) is 15.0 Å². The lowest BCUT2D eigenvalue weighted by Gasteiger charge is -2.28. The highest BCUT2D eigenvalue weighted by Gasteiger charge is 2.61. The molecule has 1 fully saturated rings. The van der Waals surface area contributed by atoms with Gasteiger partial charge in [0.1, 0.15) is 29.6 Å². The van der Waals surface area contributed by atoms with Crippen molar-refractivity contribution in [2.24, 2.45) is 11.5 Å². The van der Waals surface area contributed by atoms with Crippen LogP contribution in [0.3, 0.4) is 0 Å². The van der Waals surface area contributed by atoms with Gasteiger partial charge in [0, 0.05) is 12.2 Å². The lowest BCUT2D eigenvalue weighted by molar-refractivity contribution is 0.503. The van der Waals surface area contributed by atoms with Crippen LogP contribution in [0, 0.1) is 11.3 Å². The summed E-state index contributed by atoms with van der Waals surface area (Å²) in [5.41, 5.74) is 12.9. The Morgan fingerprint density at radius 2 is 2.09 bits per heavy atom. The molecule has 10 nitrogen and oxygen atoms in total. The first-order chi connectivity index (χ1) is 16.0. The van der Waals surface area contributed by atoms with E-state index in [2.05, 4.69) is 20.3 Å². The number of rotatable bonds is 5. The summed E-state index contributed by atoms with van der Waals surface area (Å²) >= 11 is 6.36. The first kappa shape index (κ1) is 21.0. The van der Waals surface area contributed by atoms with Crippen LogP contribution in [0.15, 0.2) is 60.0 Å². The van der Waals surface area contributed by atoms with Crippen molar-refractivity contribution in [3.05, 3.63) is 82.0 Å². The molecule has 1 aliphatic carbocycles. The molecule has 0 spiro atoms. The summed E-state index contributed by atoms with van der Waals surface area (Å²) in [5.74, 6) is 0.660. The molecule has 0 saturated heterocycles. The number of fused-ring (bicyclic) bond motifs is 1. The lowest BCUT2D eigenvalue weighted by atomic mass is 9.99. The quantitative estimate of drug-likeness (QED) is 0.375. The molecule has 0 amide bonds. The highest BCUT2D eigenvalue weighted by molar-refractivity contribution is 6.35. The standard InChI is InChI=1S/C22H18ClN9O/c23-14-4-1-5-15-17(14)19(33)32(13-3-2-6-27-10-13)21(30-15)22(7-16(22)25)20(26)31-18-12(8-24)9-28-11-29-18/h1-6,9-11,16,20H,7,25-26H2,(H,28,29,31)/t16-,20-,22-/m0/s1. The Labute approximate surface area is 192 Å². The second kappa shape index (κ2) is 7.90. The van der Waals surface area contributed by atoms with Crippen molar-refractivity contribution in [2.45, 2.75) is 24.0 Å². The number of benzene rings is 1. The number of pyridine rings is 1. The van der Waals surface area contributed by atoms with Crippen LogP contribution >= 0.6 is 11.6 Å². The summed E-state index contributed by atoms with van der Waals surface area (Å²) in [6.45, 7) is 0. The molecule has 0 bridgehead atoms. The summed E-state index contributed by atoms with van der Waals surface area (Å²) in [5, 5.41) is 13.0. The van der Waals surface area contributed by atoms with Gasteiger partial charge in [-0.05, 0) is 30.7 Å². The van der Waals surface area contributed by atoms with Crippen LogP contribution in [0.1, 0.15) is 17.8 Å². The van der Waals surface area contributed by atoms with Crippen LogP contribution in [0.5, 0.6) is 0 Å². The van der Waals surface area contributed by atoms with E-state index in [1.165, 1.54) is 17.1 Å². The fraction of sp³-hybridized carbons (Fsp3) is 0.182. The maximum absolute atomic E-state index is 13.7. The molecule has 11 heteroatoms. The zero-order valence-corrected chi connectivity index (χ0v) is 17.9. The van der Waals surface area contributed by atoms with E-state index in [0.717, 1.165) is 0 Å². The Morgan fingerprint density at radius 1 is 1.27 bits per heavy atom. The second-order valence-electron chi connectivity index (χ2n) is 7.79. The maximum atomic E-state index is 13.7. The molecular formula is C22H18ClN9O. The van der Waals surface area contributed by atoms with Crippen LogP contribution < -0.4 is 22.3 Å². The average Bonchev–Trinajstić information content (AvgIpc) is 3.51. The molecule has 1 aromatic carbocycles. The zero-order valence-electron chi connectivity index (χ0n) is 17.2. The van der Waals surface area contributed by atoms with Gasteiger partial charge < -0.3 is 16.8 Å². The predicted molar refractivity (Wildman–Crippen MR) is 123 cm³/mol. The summed E-state index contributed by atoms with van der Waals surface area (Å²) in [7, 11) is 0. The third-order valence-electron chi connectivity index (χ3n) is 5.91. The monoisotopic (exact) mass is 459 g/mol. The van der Waals surface area contributed by atoms with Crippen LogP contribution in [-0.4, -0.2) is 36.7 Å². The Hall–Kier alpha value is -3.91. The van der Waals surface area contributed by atoms with Crippen molar-refractivity contribution in [1.82, 2.24) is 24.5 Å². The van der Waals surface area contributed by atoms with Crippen molar-refractivity contribution in [1.29, 1.82) is 5.26 Å². The molecule has 3 aromatic heterocycles. The summed E-state index contributed by atoms with van der Waals surface area (Å²) in [4.78, 5) is 30.6. The number of hydrogen-bond acceptors (Lipinski definition) is 9.